The molecule has 0 saturated carbocycles. The molecular weight excluding hydrogens is 476 g/mol. The number of thioether (sulfide) groups is 1. The summed E-state index contributed by atoms with van der Waals surface area (Å²) in [6, 6.07) is 15.5. The van der Waals surface area contributed by atoms with E-state index in [2.05, 4.69) is 15.2 Å². The Morgan fingerprint density at radius 3 is 2.50 bits per heavy atom. The van der Waals surface area contributed by atoms with Crippen LogP contribution in [0.1, 0.15) is 27.3 Å². The number of nitrogens with zero attached hydrogens (tertiary/aromatic N) is 3. The van der Waals surface area contributed by atoms with Crippen LogP contribution in [0.4, 0.5) is 0 Å². The fourth-order valence-electron chi connectivity index (χ4n) is 3.51. The van der Waals surface area contributed by atoms with Crippen molar-refractivity contribution in [3.8, 4) is 17.1 Å². The molecular formula is C24H19ClN4O4S. The number of aliphatic carboxylic acids is 1. The van der Waals surface area contributed by atoms with Crippen molar-refractivity contribution in [3.63, 3.8) is 0 Å². The van der Waals surface area contributed by atoms with E-state index in [1.54, 1.807) is 48.5 Å². The van der Waals surface area contributed by atoms with E-state index < -0.39 is 11.9 Å². The molecule has 0 bridgehead atoms. The normalized spacial score (nSPS) is 11.6. The lowest BCUT2D eigenvalue weighted by Crippen LogP contribution is -2.03. The third kappa shape index (κ3) is 4.90. The van der Waals surface area contributed by atoms with E-state index in [1.165, 1.54) is 6.07 Å². The monoisotopic (exact) mass is 494 g/mol. The molecule has 4 aromatic rings. The SMILES string of the molecule is Cc1cc(/C=C(\Sc2n[nH]c(-c3ccc(Cl)cc3)n2)C(=O)O)c(C)n1-c1cccc(C(=O)O)c1. The quantitative estimate of drug-likeness (QED) is 0.231. The molecule has 0 unspecified atom stereocenters. The van der Waals surface area contributed by atoms with Gasteiger partial charge in [0.2, 0.25) is 5.16 Å². The highest BCUT2D eigenvalue weighted by Gasteiger charge is 2.17. The zero-order valence-corrected chi connectivity index (χ0v) is 19.7. The average molecular weight is 495 g/mol. The second kappa shape index (κ2) is 9.58. The fourth-order valence-corrected chi connectivity index (χ4v) is 4.34. The van der Waals surface area contributed by atoms with E-state index in [0.717, 1.165) is 28.7 Å². The van der Waals surface area contributed by atoms with Gasteiger partial charge in [-0.2, -0.15) is 0 Å². The van der Waals surface area contributed by atoms with Crippen LogP contribution in [0.25, 0.3) is 23.2 Å². The number of aryl methyl sites for hydroxylation is 1. The molecule has 2 heterocycles. The molecule has 2 aromatic carbocycles. The second-order valence-corrected chi connectivity index (χ2v) is 8.85. The number of benzene rings is 2. The van der Waals surface area contributed by atoms with Gasteiger partial charge >= 0.3 is 11.9 Å². The maximum atomic E-state index is 12.0. The Balaban J connectivity index is 1.65. The molecule has 0 radical (unpaired) electrons. The highest BCUT2D eigenvalue weighted by Crippen LogP contribution is 2.30. The van der Waals surface area contributed by atoms with Crippen molar-refractivity contribution in [2.45, 2.75) is 19.0 Å². The largest absolute Gasteiger partial charge is 0.478 e. The van der Waals surface area contributed by atoms with Gasteiger partial charge in [0.05, 0.1) is 5.56 Å². The first kappa shape index (κ1) is 23.3. The van der Waals surface area contributed by atoms with Crippen molar-refractivity contribution in [2.24, 2.45) is 0 Å². The number of hydrogen-bond donors (Lipinski definition) is 3. The molecule has 2 aromatic heterocycles. The Bertz CT molecular complexity index is 1420. The maximum absolute atomic E-state index is 12.0. The summed E-state index contributed by atoms with van der Waals surface area (Å²) < 4.78 is 1.88. The molecule has 0 amide bonds. The van der Waals surface area contributed by atoms with Gasteiger partial charge < -0.3 is 14.8 Å². The highest BCUT2D eigenvalue weighted by atomic mass is 35.5. The molecule has 0 aliphatic heterocycles. The summed E-state index contributed by atoms with van der Waals surface area (Å²) in [6.07, 6.45) is 1.56. The van der Waals surface area contributed by atoms with Crippen LogP contribution in [0, 0.1) is 13.8 Å². The van der Waals surface area contributed by atoms with Gasteiger partial charge in [-0.05, 0) is 85.8 Å². The number of nitrogens with one attached hydrogen (secondary N) is 1. The predicted octanol–water partition coefficient (Wildman–Crippen LogP) is 5.45. The van der Waals surface area contributed by atoms with Crippen molar-refractivity contribution < 1.29 is 19.8 Å². The summed E-state index contributed by atoms with van der Waals surface area (Å²) in [5.41, 5.74) is 3.93. The summed E-state index contributed by atoms with van der Waals surface area (Å²) in [5, 5.41) is 26.9. The van der Waals surface area contributed by atoms with Crippen molar-refractivity contribution in [1.29, 1.82) is 0 Å². The van der Waals surface area contributed by atoms with Crippen LogP contribution in [-0.2, 0) is 4.79 Å². The number of aromatic carboxylic acids is 1. The van der Waals surface area contributed by atoms with Gasteiger partial charge in [-0.15, -0.1) is 5.10 Å². The number of carboxylic acids is 2. The van der Waals surface area contributed by atoms with Crippen LogP contribution in [0.5, 0.6) is 0 Å². The van der Waals surface area contributed by atoms with E-state index >= 15 is 0 Å². The zero-order valence-electron chi connectivity index (χ0n) is 18.1. The average Bonchev–Trinajstić information content (AvgIpc) is 3.37. The Labute approximate surface area is 203 Å². The number of aromatic amines is 1. The summed E-state index contributed by atoms with van der Waals surface area (Å²) in [6.45, 7) is 3.72. The third-order valence-corrected chi connectivity index (χ3v) is 6.23. The van der Waals surface area contributed by atoms with Gasteiger partial charge in [0, 0.05) is 27.7 Å². The highest BCUT2D eigenvalue weighted by molar-refractivity contribution is 8.04. The minimum absolute atomic E-state index is 0.0428. The zero-order chi connectivity index (χ0) is 24.4. The van der Waals surface area contributed by atoms with Crippen LogP contribution in [0.3, 0.4) is 0 Å². The van der Waals surface area contributed by atoms with Crippen LogP contribution in [0.15, 0.2) is 64.7 Å². The molecule has 8 nitrogen and oxygen atoms in total. The minimum atomic E-state index is -1.11. The van der Waals surface area contributed by atoms with Gasteiger partial charge in [0.25, 0.3) is 0 Å². The van der Waals surface area contributed by atoms with Gasteiger partial charge in [0.15, 0.2) is 5.82 Å². The Morgan fingerprint density at radius 1 is 1.09 bits per heavy atom. The maximum Gasteiger partial charge on any atom is 0.342 e. The van der Waals surface area contributed by atoms with Crippen LogP contribution in [0.2, 0.25) is 5.02 Å². The first-order valence-corrected chi connectivity index (χ1v) is 11.3. The van der Waals surface area contributed by atoms with Crippen LogP contribution in [-0.4, -0.2) is 41.9 Å². The molecule has 0 aliphatic carbocycles. The number of carboxylic acid groups (broad SMARTS) is 2. The van der Waals surface area contributed by atoms with E-state index in [0.29, 0.717) is 22.1 Å². The van der Waals surface area contributed by atoms with Gasteiger partial charge in [-0.3, -0.25) is 5.10 Å². The molecule has 4 rings (SSSR count). The lowest BCUT2D eigenvalue weighted by atomic mass is 10.2. The number of hydrogen-bond acceptors (Lipinski definition) is 5. The standard InChI is InChI=1S/C24H19ClN4O4S/c1-13-10-17(14(2)29(13)19-5-3-4-16(11-19)22(30)31)12-20(23(32)33)34-24-26-21(27-28-24)15-6-8-18(25)9-7-15/h3-12H,1-2H3,(H,30,31)(H,32,33)(H,26,27,28)/b20-12-. The van der Waals surface area contributed by atoms with Crippen molar-refractivity contribution in [1.82, 2.24) is 19.7 Å². The van der Waals surface area contributed by atoms with Crippen LogP contribution < -0.4 is 0 Å². The first-order valence-electron chi connectivity index (χ1n) is 10.1. The van der Waals surface area contributed by atoms with Crippen molar-refractivity contribution >= 4 is 41.4 Å². The number of halogens is 1. The smallest absolute Gasteiger partial charge is 0.342 e. The van der Waals surface area contributed by atoms with Gasteiger partial charge in [0.1, 0.15) is 4.91 Å². The molecule has 0 fully saturated rings. The second-order valence-electron chi connectivity index (χ2n) is 7.41. The summed E-state index contributed by atoms with van der Waals surface area (Å²) in [4.78, 5) is 27.8. The van der Waals surface area contributed by atoms with E-state index in [4.69, 9.17) is 11.6 Å². The van der Waals surface area contributed by atoms with Crippen LogP contribution >= 0.6 is 23.4 Å². The number of carbonyl (C=O) groups is 2. The molecule has 0 saturated heterocycles. The summed E-state index contributed by atoms with van der Waals surface area (Å²) >= 11 is 6.85. The van der Waals surface area contributed by atoms with E-state index in [9.17, 15) is 19.8 Å². The molecule has 172 valence electrons. The molecule has 34 heavy (non-hydrogen) atoms. The van der Waals surface area contributed by atoms with E-state index in [1.807, 2.05) is 24.5 Å². The fraction of sp³-hybridized carbons (Fsp3) is 0.0833. The molecule has 0 spiro atoms. The summed E-state index contributed by atoms with van der Waals surface area (Å²) in [7, 11) is 0. The number of H-pyrrole nitrogens is 1. The Hall–Kier alpha value is -3.82. The first-order chi connectivity index (χ1) is 16.2. The number of rotatable bonds is 7. The third-order valence-electron chi connectivity index (χ3n) is 5.10. The Morgan fingerprint density at radius 2 is 1.82 bits per heavy atom. The molecule has 0 atom stereocenters. The van der Waals surface area contributed by atoms with Gasteiger partial charge in [-0.1, -0.05) is 17.7 Å². The Kier molecular flexibility index (Phi) is 6.58. The minimum Gasteiger partial charge on any atom is -0.478 e. The molecule has 0 aliphatic rings. The van der Waals surface area contributed by atoms with Crippen molar-refractivity contribution in [2.75, 3.05) is 0 Å². The van der Waals surface area contributed by atoms with Gasteiger partial charge in [-0.25, -0.2) is 14.6 Å². The summed E-state index contributed by atoms with van der Waals surface area (Å²) in [5.74, 6) is -1.63. The van der Waals surface area contributed by atoms with Crippen molar-refractivity contribution in [3.05, 3.63) is 87.0 Å². The van der Waals surface area contributed by atoms with E-state index in [-0.39, 0.29) is 15.6 Å². The lowest BCUT2D eigenvalue weighted by Gasteiger charge is -2.10. The number of aromatic nitrogens is 4. The lowest BCUT2D eigenvalue weighted by molar-refractivity contribution is -0.131. The topological polar surface area (TPSA) is 121 Å². The molecule has 10 heteroatoms. The molecule has 3 N–H and O–H groups in total. The predicted molar refractivity (Wildman–Crippen MR) is 131 cm³/mol.